The highest BCUT2D eigenvalue weighted by atomic mass is 79.9. The molecule has 4 heteroatoms. The predicted molar refractivity (Wildman–Crippen MR) is 59.9 cm³/mol. The molecule has 0 saturated heterocycles. The Kier molecular flexibility index (Phi) is 3.77. The fraction of sp³-hybridized carbons (Fsp3) is 0.222. The molecule has 13 heavy (non-hydrogen) atoms. The van der Waals surface area contributed by atoms with E-state index in [-0.39, 0.29) is 4.83 Å². The van der Waals surface area contributed by atoms with Gasteiger partial charge in [-0.2, -0.15) is 0 Å². The van der Waals surface area contributed by atoms with Crippen molar-refractivity contribution in [1.82, 2.24) is 0 Å². The van der Waals surface area contributed by atoms with E-state index in [1.807, 2.05) is 12.1 Å². The summed E-state index contributed by atoms with van der Waals surface area (Å²) in [5.41, 5.74) is 2.24. The van der Waals surface area contributed by atoms with E-state index in [2.05, 4.69) is 15.9 Å². The molecule has 0 aromatic rings. The van der Waals surface area contributed by atoms with Gasteiger partial charge in [-0.25, -0.2) is 0 Å². The Morgan fingerprint density at radius 2 is 1.62 bits per heavy atom. The summed E-state index contributed by atoms with van der Waals surface area (Å²) in [6, 6.07) is 3.92. The Morgan fingerprint density at radius 3 is 1.69 bits per heavy atom. The number of carbonyl (C=O) groups is 1. The van der Waals surface area contributed by atoms with Gasteiger partial charge in [0.1, 0.15) is 6.29 Å². The van der Waals surface area contributed by atoms with E-state index in [9.17, 15) is 4.79 Å². The molecule has 0 N–H and O–H groups in total. The first-order valence-corrected chi connectivity index (χ1v) is 5.32. The molecular formula is C9H7BrCl2O. The number of aldehydes is 1. The van der Waals surface area contributed by atoms with Crippen LogP contribution in [-0.2, 0) is 4.79 Å². The summed E-state index contributed by atoms with van der Waals surface area (Å²) in [4.78, 5) is 9.47. The second-order valence-corrected chi connectivity index (χ2v) is 4.80. The SMILES string of the molecule is CC(Br)C=O.Clc1c2ccc-2c1Cl. The molecule has 0 bridgehead atoms. The predicted octanol–water partition coefficient (Wildman–Crippen LogP) is 3.94. The summed E-state index contributed by atoms with van der Waals surface area (Å²) >= 11 is 14.3. The van der Waals surface area contributed by atoms with Crippen molar-refractivity contribution in [3.05, 3.63) is 22.2 Å². The largest absolute Gasteiger partial charge is 0.302 e. The van der Waals surface area contributed by atoms with Gasteiger partial charge < -0.3 is 4.79 Å². The minimum Gasteiger partial charge on any atom is -0.302 e. The molecule has 0 radical (unpaired) electrons. The van der Waals surface area contributed by atoms with E-state index in [1.54, 1.807) is 6.92 Å². The van der Waals surface area contributed by atoms with Gasteiger partial charge in [0.25, 0.3) is 0 Å². The third kappa shape index (κ3) is 2.25. The second-order valence-electron chi connectivity index (χ2n) is 2.60. The van der Waals surface area contributed by atoms with Gasteiger partial charge in [0.2, 0.25) is 0 Å². The number of hydrogen-bond donors (Lipinski definition) is 0. The average Bonchev–Trinajstić information content (AvgIpc) is 2.04. The quantitative estimate of drug-likeness (QED) is 0.572. The smallest absolute Gasteiger partial charge is 0.133 e. The molecule has 2 aliphatic rings. The molecule has 0 fully saturated rings. The zero-order chi connectivity index (χ0) is 10.0. The lowest BCUT2D eigenvalue weighted by Gasteiger charge is -2.19. The molecule has 2 aliphatic carbocycles. The van der Waals surface area contributed by atoms with Gasteiger partial charge in [0, 0.05) is 11.1 Å². The lowest BCUT2D eigenvalue weighted by atomic mass is 9.94. The third-order valence-electron chi connectivity index (χ3n) is 1.56. The van der Waals surface area contributed by atoms with Gasteiger partial charge in [-0.05, 0) is 6.92 Å². The molecule has 2 rings (SSSR count). The summed E-state index contributed by atoms with van der Waals surface area (Å²) in [7, 11) is 0. The molecular weight excluding hydrogens is 275 g/mol. The van der Waals surface area contributed by atoms with Crippen LogP contribution >= 0.6 is 39.1 Å². The van der Waals surface area contributed by atoms with Crippen LogP contribution in [0.2, 0.25) is 10.0 Å². The number of fused-ring (bicyclic) bond motifs is 1. The number of alkyl halides is 1. The molecule has 0 aromatic carbocycles. The zero-order valence-corrected chi connectivity index (χ0v) is 9.95. The number of hydrogen-bond acceptors (Lipinski definition) is 1. The van der Waals surface area contributed by atoms with Crippen LogP contribution in [0.15, 0.2) is 12.1 Å². The molecule has 1 atom stereocenters. The van der Waals surface area contributed by atoms with Crippen molar-refractivity contribution >= 4 is 45.4 Å². The van der Waals surface area contributed by atoms with Crippen molar-refractivity contribution in [2.24, 2.45) is 0 Å². The van der Waals surface area contributed by atoms with Crippen LogP contribution in [-0.4, -0.2) is 11.1 Å². The Hall–Kier alpha value is -0.0500. The van der Waals surface area contributed by atoms with Crippen molar-refractivity contribution in [1.29, 1.82) is 0 Å². The monoisotopic (exact) mass is 280 g/mol. The first kappa shape index (κ1) is 11.0. The lowest BCUT2D eigenvalue weighted by molar-refractivity contribution is -0.107. The van der Waals surface area contributed by atoms with Crippen LogP contribution in [0.5, 0.6) is 0 Å². The highest BCUT2D eigenvalue weighted by Crippen LogP contribution is 2.49. The Balaban J connectivity index is 0.000000149. The summed E-state index contributed by atoms with van der Waals surface area (Å²) in [6.07, 6.45) is 0.833. The molecule has 70 valence electrons. The summed E-state index contributed by atoms with van der Waals surface area (Å²) in [5.74, 6) is 0. The first-order chi connectivity index (χ1) is 6.07. The van der Waals surface area contributed by atoms with Crippen molar-refractivity contribution in [2.75, 3.05) is 0 Å². The summed E-state index contributed by atoms with van der Waals surface area (Å²) in [5, 5.41) is 1.45. The highest BCUT2D eigenvalue weighted by molar-refractivity contribution is 9.09. The first-order valence-electron chi connectivity index (χ1n) is 3.65. The molecule has 1 nitrogen and oxygen atoms in total. The fourth-order valence-corrected chi connectivity index (χ4v) is 1.34. The molecule has 0 aliphatic heterocycles. The summed E-state index contributed by atoms with van der Waals surface area (Å²) in [6.45, 7) is 1.77. The van der Waals surface area contributed by atoms with Crippen molar-refractivity contribution in [2.45, 2.75) is 11.8 Å². The number of rotatable bonds is 1. The number of benzene rings is 1. The average molecular weight is 282 g/mol. The Bertz CT molecular complexity index is 310. The van der Waals surface area contributed by atoms with Gasteiger partial charge in [0.05, 0.1) is 14.9 Å². The van der Waals surface area contributed by atoms with Crippen LogP contribution in [0.25, 0.3) is 11.1 Å². The van der Waals surface area contributed by atoms with E-state index in [1.165, 1.54) is 0 Å². The Labute approximate surface area is 95.2 Å². The topological polar surface area (TPSA) is 17.1 Å². The van der Waals surface area contributed by atoms with Gasteiger partial charge in [-0.3, -0.25) is 0 Å². The van der Waals surface area contributed by atoms with Crippen LogP contribution in [0.3, 0.4) is 0 Å². The van der Waals surface area contributed by atoms with Crippen LogP contribution in [0.4, 0.5) is 0 Å². The zero-order valence-electron chi connectivity index (χ0n) is 6.85. The molecule has 0 saturated carbocycles. The van der Waals surface area contributed by atoms with E-state index < -0.39 is 0 Å². The highest BCUT2D eigenvalue weighted by Gasteiger charge is 2.22. The third-order valence-corrected chi connectivity index (χ3v) is 2.66. The van der Waals surface area contributed by atoms with Crippen molar-refractivity contribution in [3.8, 4) is 11.1 Å². The van der Waals surface area contributed by atoms with E-state index in [4.69, 9.17) is 23.2 Å². The molecule has 0 amide bonds. The standard InChI is InChI=1S/C6H2Cl2.C3H5BrO/c7-5-3-1-2-4(3)6(5)8;1-3(4)2-5/h1-2H;2-3H,1H3. The fourth-order valence-electron chi connectivity index (χ4n) is 0.807. The van der Waals surface area contributed by atoms with Crippen LogP contribution in [0.1, 0.15) is 6.92 Å². The second kappa shape index (κ2) is 4.45. The lowest BCUT2D eigenvalue weighted by Crippen LogP contribution is -1.93. The van der Waals surface area contributed by atoms with Gasteiger partial charge in [0.15, 0.2) is 0 Å². The van der Waals surface area contributed by atoms with Gasteiger partial charge in [-0.15, -0.1) is 0 Å². The Morgan fingerprint density at radius 1 is 1.31 bits per heavy atom. The normalized spacial score (nSPS) is 12.6. The van der Waals surface area contributed by atoms with Crippen LogP contribution in [0, 0.1) is 0 Å². The minimum atomic E-state index is 0.0162. The molecule has 1 unspecified atom stereocenters. The van der Waals surface area contributed by atoms with E-state index in [0.717, 1.165) is 27.5 Å². The van der Waals surface area contributed by atoms with Crippen molar-refractivity contribution < 1.29 is 4.79 Å². The molecule has 0 spiro atoms. The number of halogens is 3. The van der Waals surface area contributed by atoms with E-state index >= 15 is 0 Å². The number of carbonyl (C=O) groups excluding carboxylic acids is 1. The van der Waals surface area contributed by atoms with Crippen molar-refractivity contribution in [3.63, 3.8) is 0 Å². The molecule has 0 aromatic heterocycles. The maximum absolute atomic E-state index is 9.46. The maximum atomic E-state index is 9.46. The van der Waals surface area contributed by atoms with Gasteiger partial charge >= 0.3 is 0 Å². The van der Waals surface area contributed by atoms with E-state index in [0.29, 0.717) is 0 Å². The molecule has 0 heterocycles. The van der Waals surface area contributed by atoms with Crippen LogP contribution < -0.4 is 0 Å². The minimum absolute atomic E-state index is 0.0162. The maximum Gasteiger partial charge on any atom is 0.133 e. The summed E-state index contributed by atoms with van der Waals surface area (Å²) < 4.78 is 0. The van der Waals surface area contributed by atoms with Gasteiger partial charge in [-0.1, -0.05) is 51.3 Å².